The third-order valence-corrected chi connectivity index (χ3v) is 5.94. The highest BCUT2D eigenvalue weighted by atomic mass is 79.9. The van der Waals surface area contributed by atoms with E-state index in [-0.39, 0.29) is 16.9 Å². The zero-order chi connectivity index (χ0) is 24.2. The fourth-order valence-electron chi connectivity index (χ4n) is 3.20. The smallest absolute Gasteiger partial charge is 0.257 e. The van der Waals surface area contributed by atoms with E-state index < -0.39 is 0 Å². The number of hydrogen-bond donors (Lipinski definition) is 2. The molecule has 0 radical (unpaired) electrons. The Bertz CT molecular complexity index is 946. The molecule has 2 aromatic carbocycles. The van der Waals surface area contributed by atoms with Gasteiger partial charge in [-0.15, -0.1) is 0 Å². The van der Waals surface area contributed by atoms with E-state index in [0.717, 1.165) is 17.3 Å². The van der Waals surface area contributed by atoms with Crippen LogP contribution >= 0.6 is 28.1 Å². The number of anilines is 1. The van der Waals surface area contributed by atoms with Crippen LogP contribution in [0.3, 0.4) is 0 Å². The van der Waals surface area contributed by atoms with Crippen LogP contribution in [0, 0.1) is 0 Å². The largest absolute Gasteiger partial charge is 0.492 e. The predicted octanol–water partition coefficient (Wildman–Crippen LogP) is 6.02. The lowest BCUT2D eigenvalue weighted by atomic mass is 10.2. The number of unbranched alkanes of at least 4 members (excludes halogenated alkanes) is 3. The van der Waals surface area contributed by atoms with Crippen molar-refractivity contribution in [2.45, 2.75) is 46.5 Å². The number of carbonyl (C=O) groups excluding carboxylic acids is 2. The van der Waals surface area contributed by atoms with E-state index in [9.17, 15) is 9.59 Å². The molecule has 0 aliphatic heterocycles. The Morgan fingerprint density at radius 2 is 1.64 bits per heavy atom. The summed E-state index contributed by atoms with van der Waals surface area (Å²) in [6.45, 7) is 8.05. The van der Waals surface area contributed by atoms with Gasteiger partial charge in [0.1, 0.15) is 5.75 Å². The second kappa shape index (κ2) is 14.0. The van der Waals surface area contributed by atoms with Crippen molar-refractivity contribution in [3.05, 3.63) is 58.1 Å². The molecule has 33 heavy (non-hydrogen) atoms. The third kappa shape index (κ3) is 8.44. The van der Waals surface area contributed by atoms with Crippen LogP contribution in [-0.4, -0.2) is 41.5 Å². The lowest BCUT2D eigenvalue weighted by Crippen LogP contribution is -2.34. The molecular weight excluding hydrogens is 502 g/mol. The Hall–Kier alpha value is -2.45. The Labute approximate surface area is 210 Å². The van der Waals surface area contributed by atoms with Crippen LogP contribution in [0.2, 0.25) is 0 Å². The maximum absolute atomic E-state index is 12.6. The second-order valence-corrected chi connectivity index (χ2v) is 8.78. The molecule has 0 aliphatic carbocycles. The van der Waals surface area contributed by atoms with Gasteiger partial charge in [-0.1, -0.05) is 26.2 Å². The Balaban J connectivity index is 1.89. The maximum atomic E-state index is 12.6. The van der Waals surface area contributed by atoms with Crippen molar-refractivity contribution in [2.24, 2.45) is 0 Å². The van der Waals surface area contributed by atoms with Crippen molar-refractivity contribution >= 4 is 50.8 Å². The number of rotatable bonds is 11. The molecule has 0 aliphatic rings. The molecule has 2 N–H and O–H groups in total. The molecule has 0 aromatic heterocycles. The van der Waals surface area contributed by atoms with Gasteiger partial charge >= 0.3 is 0 Å². The highest BCUT2D eigenvalue weighted by Gasteiger charge is 2.13. The first-order chi connectivity index (χ1) is 15.9. The Kier molecular flexibility index (Phi) is 11.3. The summed E-state index contributed by atoms with van der Waals surface area (Å²) >= 11 is 8.74. The van der Waals surface area contributed by atoms with E-state index in [2.05, 4.69) is 33.5 Å². The normalized spacial score (nSPS) is 10.4. The van der Waals surface area contributed by atoms with Crippen molar-refractivity contribution in [1.82, 2.24) is 10.2 Å². The van der Waals surface area contributed by atoms with Gasteiger partial charge in [-0.2, -0.15) is 0 Å². The molecule has 6 nitrogen and oxygen atoms in total. The van der Waals surface area contributed by atoms with Gasteiger partial charge in [-0.05, 0) is 90.9 Å². The minimum absolute atomic E-state index is 0.0126. The lowest BCUT2D eigenvalue weighted by molar-refractivity contribution is 0.0772. The van der Waals surface area contributed by atoms with Crippen LogP contribution in [0.15, 0.2) is 46.9 Å². The second-order valence-electron chi connectivity index (χ2n) is 7.52. The molecule has 0 spiro atoms. The first-order valence-electron chi connectivity index (χ1n) is 11.3. The molecule has 0 unspecified atom stereocenters. The Morgan fingerprint density at radius 3 is 2.24 bits per heavy atom. The summed E-state index contributed by atoms with van der Waals surface area (Å²) < 4.78 is 6.51. The van der Waals surface area contributed by atoms with Crippen LogP contribution in [0.4, 0.5) is 5.69 Å². The quantitative estimate of drug-likeness (QED) is 0.273. The minimum atomic E-state index is -0.323. The van der Waals surface area contributed by atoms with E-state index in [4.69, 9.17) is 17.0 Å². The van der Waals surface area contributed by atoms with Crippen molar-refractivity contribution in [2.75, 3.05) is 25.0 Å². The number of nitrogens with one attached hydrogen (secondary N) is 2. The number of ether oxygens (including phenoxy) is 1. The zero-order valence-corrected chi connectivity index (χ0v) is 21.9. The van der Waals surface area contributed by atoms with Gasteiger partial charge in [-0.25, -0.2) is 0 Å². The number of carbonyl (C=O) groups is 2. The molecule has 2 rings (SSSR count). The Morgan fingerprint density at radius 1 is 0.970 bits per heavy atom. The summed E-state index contributed by atoms with van der Waals surface area (Å²) in [5.41, 5.74) is 1.76. The van der Waals surface area contributed by atoms with Crippen molar-refractivity contribution < 1.29 is 14.3 Å². The van der Waals surface area contributed by atoms with Gasteiger partial charge in [0.15, 0.2) is 5.11 Å². The van der Waals surface area contributed by atoms with Crippen LogP contribution in [-0.2, 0) is 0 Å². The van der Waals surface area contributed by atoms with Gasteiger partial charge < -0.3 is 15.0 Å². The number of hydrogen-bond acceptors (Lipinski definition) is 4. The van der Waals surface area contributed by atoms with Gasteiger partial charge in [-0.3, -0.25) is 14.9 Å². The highest BCUT2D eigenvalue weighted by Crippen LogP contribution is 2.26. The molecule has 178 valence electrons. The fraction of sp³-hybridized carbons (Fsp3) is 0.400. The number of benzene rings is 2. The number of thiocarbonyl (C=S) groups is 1. The monoisotopic (exact) mass is 533 g/mol. The molecule has 2 amide bonds. The molecular formula is C25H32BrN3O3S. The molecule has 2 aromatic rings. The summed E-state index contributed by atoms with van der Waals surface area (Å²) in [5.74, 6) is 0.375. The van der Waals surface area contributed by atoms with Crippen LogP contribution in [0.5, 0.6) is 5.75 Å². The van der Waals surface area contributed by atoms with E-state index in [1.165, 1.54) is 12.8 Å². The summed E-state index contributed by atoms with van der Waals surface area (Å²) in [5, 5.41) is 5.83. The molecule has 0 heterocycles. The van der Waals surface area contributed by atoms with Crippen molar-refractivity contribution in [3.63, 3.8) is 0 Å². The average molecular weight is 535 g/mol. The SMILES string of the molecule is CCCCCCOc1ccc(C(=O)NC(=S)Nc2ccc(C(=O)N(CC)CC)cc2)cc1Br. The zero-order valence-electron chi connectivity index (χ0n) is 19.4. The van der Waals surface area contributed by atoms with E-state index in [0.29, 0.717) is 42.3 Å². The highest BCUT2D eigenvalue weighted by molar-refractivity contribution is 9.10. The lowest BCUT2D eigenvalue weighted by Gasteiger charge is -2.18. The van der Waals surface area contributed by atoms with Gasteiger partial charge in [0.2, 0.25) is 0 Å². The maximum Gasteiger partial charge on any atom is 0.257 e. The first-order valence-corrected chi connectivity index (χ1v) is 12.5. The average Bonchev–Trinajstić information content (AvgIpc) is 2.80. The van der Waals surface area contributed by atoms with E-state index in [1.54, 1.807) is 47.4 Å². The molecule has 0 fully saturated rings. The third-order valence-electron chi connectivity index (χ3n) is 5.12. The summed E-state index contributed by atoms with van der Waals surface area (Å²) in [4.78, 5) is 26.7. The van der Waals surface area contributed by atoms with Crippen LogP contribution in [0.25, 0.3) is 0 Å². The van der Waals surface area contributed by atoms with Crippen molar-refractivity contribution in [3.8, 4) is 5.75 Å². The minimum Gasteiger partial charge on any atom is -0.492 e. The molecule has 0 saturated carbocycles. The van der Waals surface area contributed by atoms with Gasteiger partial charge in [0.05, 0.1) is 11.1 Å². The molecule has 0 bridgehead atoms. The van der Waals surface area contributed by atoms with E-state index in [1.807, 2.05) is 13.8 Å². The van der Waals surface area contributed by atoms with Crippen molar-refractivity contribution in [1.29, 1.82) is 0 Å². The summed E-state index contributed by atoms with van der Waals surface area (Å²) in [7, 11) is 0. The van der Waals surface area contributed by atoms with Gasteiger partial charge in [0, 0.05) is 29.9 Å². The predicted molar refractivity (Wildman–Crippen MR) is 141 cm³/mol. The molecule has 0 atom stereocenters. The number of halogens is 1. The summed E-state index contributed by atoms with van der Waals surface area (Å²) in [6.07, 6.45) is 4.54. The van der Waals surface area contributed by atoms with Crippen LogP contribution in [0.1, 0.15) is 67.2 Å². The first kappa shape index (κ1) is 26.8. The molecule has 0 saturated heterocycles. The van der Waals surface area contributed by atoms with Gasteiger partial charge in [0.25, 0.3) is 11.8 Å². The topological polar surface area (TPSA) is 70.7 Å². The number of amides is 2. The standard InChI is InChI=1S/C25H32BrN3O3S/c1-4-7-8-9-16-32-22-15-12-19(17-21(22)26)23(30)28-25(33)27-20-13-10-18(11-14-20)24(31)29(5-2)6-3/h10-15,17H,4-9,16H2,1-3H3,(H2,27,28,30,33). The van der Waals surface area contributed by atoms with E-state index >= 15 is 0 Å². The fourth-order valence-corrected chi connectivity index (χ4v) is 3.90. The van der Waals surface area contributed by atoms with Crippen LogP contribution < -0.4 is 15.4 Å². The molecule has 8 heteroatoms. The number of nitrogens with zero attached hydrogens (tertiary/aromatic N) is 1. The summed E-state index contributed by atoms with van der Waals surface area (Å²) in [6, 6.07) is 12.2.